The van der Waals surface area contributed by atoms with Gasteiger partial charge >= 0.3 is 0 Å². The number of carbonyl (C=O) groups excluding carboxylic acids is 1. The van der Waals surface area contributed by atoms with Crippen molar-refractivity contribution in [2.45, 2.75) is 39.5 Å². The van der Waals surface area contributed by atoms with E-state index in [1.807, 2.05) is 23.2 Å². The summed E-state index contributed by atoms with van der Waals surface area (Å²) in [5.41, 5.74) is 7.09. The summed E-state index contributed by atoms with van der Waals surface area (Å²) in [6.07, 6.45) is 5.06. The molecule has 36 heavy (non-hydrogen) atoms. The van der Waals surface area contributed by atoms with Crippen molar-refractivity contribution in [3.63, 3.8) is 0 Å². The first-order valence-electron chi connectivity index (χ1n) is 13.1. The van der Waals surface area contributed by atoms with Gasteiger partial charge in [0.2, 0.25) is 5.91 Å². The van der Waals surface area contributed by atoms with E-state index < -0.39 is 0 Å². The van der Waals surface area contributed by atoms with Crippen molar-refractivity contribution in [3.05, 3.63) is 71.4 Å². The van der Waals surface area contributed by atoms with Gasteiger partial charge in [-0.05, 0) is 85.2 Å². The fourth-order valence-electron chi connectivity index (χ4n) is 5.23. The number of nitrogens with zero attached hydrogens (tertiary/aromatic N) is 3. The molecule has 6 heteroatoms. The molecule has 2 aliphatic heterocycles. The van der Waals surface area contributed by atoms with E-state index >= 15 is 0 Å². The van der Waals surface area contributed by atoms with Crippen LogP contribution in [0.2, 0.25) is 0 Å². The Bertz CT molecular complexity index is 1220. The van der Waals surface area contributed by atoms with Crippen LogP contribution in [-0.2, 0) is 11.2 Å². The zero-order valence-electron chi connectivity index (χ0n) is 21.4. The van der Waals surface area contributed by atoms with Crippen LogP contribution in [0.15, 0.2) is 54.7 Å². The molecule has 1 N–H and O–H groups in total. The lowest BCUT2D eigenvalue weighted by molar-refractivity contribution is -0.118. The summed E-state index contributed by atoms with van der Waals surface area (Å²) < 4.78 is 5.98. The third-order valence-corrected chi connectivity index (χ3v) is 7.40. The van der Waals surface area contributed by atoms with E-state index in [1.165, 1.54) is 22.3 Å². The van der Waals surface area contributed by atoms with Crippen molar-refractivity contribution >= 4 is 17.4 Å². The van der Waals surface area contributed by atoms with Crippen LogP contribution < -0.4 is 19.9 Å². The number of aromatic nitrogens is 1. The van der Waals surface area contributed by atoms with Crippen molar-refractivity contribution < 1.29 is 9.53 Å². The van der Waals surface area contributed by atoms with Crippen molar-refractivity contribution in [3.8, 4) is 16.9 Å². The highest BCUT2D eigenvalue weighted by Gasteiger charge is 2.25. The zero-order valence-corrected chi connectivity index (χ0v) is 21.4. The standard InChI is InChI=1S/C30H36N4O2/c1-22-7-3-11-28(23(22)2)36-20-6-12-30(35)34-17-5-9-26-25(8-4-10-27(26)34)24-13-14-32-29(21-24)33-18-15-31-16-19-33/h3-4,7-8,10-11,13-14,21,31H,5-6,9,12,15-20H2,1-2H3. The van der Waals surface area contributed by atoms with Gasteiger partial charge in [-0.2, -0.15) is 0 Å². The molecular formula is C30H36N4O2. The molecule has 3 heterocycles. The van der Waals surface area contributed by atoms with Crippen molar-refractivity contribution in [1.82, 2.24) is 10.3 Å². The first-order valence-corrected chi connectivity index (χ1v) is 13.1. The predicted octanol–water partition coefficient (Wildman–Crippen LogP) is 4.91. The summed E-state index contributed by atoms with van der Waals surface area (Å²) in [5.74, 6) is 2.11. The van der Waals surface area contributed by atoms with Crippen LogP contribution in [0.4, 0.5) is 11.5 Å². The van der Waals surface area contributed by atoms with Gasteiger partial charge in [0.25, 0.3) is 0 Å². The lowest BCUT2D eigenvalue weighted by Crippen LogP contribution is -2.43. The Hall–Kier alpha value is -3.38. The maximum atomic E-state index is 13.2. The van der Waals surface area contributed by atoms with Gasteiger partial charge in [-0.3, -0.25) is 4.79 Å². The van der Waals surface area contributed by atoms with Gasteiger partial charge in [-0.15, -0.1) is 0 Å². The van der Waals surface area contributed by atoms with Crippen LogP contribution >= 0.6 is 0 Å². The molecule has 0 aliphatic carbocycles. The smallest absolute Gasteiger partial charge is 0.227 e. The average molecular weight is 485 g/mol. The average Bonchev–Trinajstić information content (AvgIpc) is 2.93. The molecule has 6 nitrogen and oxygen atoms in total. The van der Waals surface area contributed by atoms with E-state index in [1.54, 1.807) is 0 Å². The van der Waals surface area contributed by atoms with E-state index in [0.717, 1.165) is 68.4 Å². The molecular weight excluding hydrogens is 448 g/mol. The van der Waals surface area contributed by atoms with E-state index in [4.69, 9.17) is 4.74 Å². The number of aryl methyl sites for hydroxylation is 1. The van der Waals surface area contributed by atoms with E-state index in [2.05, 4.69) is 65.4 Å². The summed E-state index contributed by atoms with van der Waals surface area (Å²) >= 11 is 0. The molecule has 0 spiro atoms. The SMILES string of the molecule is Cc1cccc(OCCCC(=O)N2CCCc3c(-c4ccnc(N5CCNCC5)c4)cccc32)c1C. The minimum atomic E-state index is 0.175. The highest BCUT2D eigenvalue weighted by Crippen LogP contribution is 2.36. The maximum absolute atomic E-state index is 13.2. The second-order valence-electron chi connectivity index (χ2n) is 9.74. The third-order valence-electron chi connectivity index (χ3n) is 7.40. The minimum absolute atomic E-state index is 0.175. The van der Waals surface area contributed by atoms with E-state index in [-0.39, 0.29) is 5.91 Å². The number of benzene rings is 2. The first kappa shape index (κ1) is 24.3. The number of hydrogen-bond donors (Lipinski definition) is 1. The lowest BCUT2D eigenvalue weighted by Gasteiger charge is -2.31. The van der Waals surface area contributed by atoms with Crippen LogP contribution in [0.5, 0.6) is 5.75 Å². The van der Waals surface area contributed by atoms with Crippen LogP contribution in [-0.4, -0.2) is 50.2 Å². The van der Waals surface area contributed by atoms with Gasteiger partial charge < -0.3 is 19.9 Å². The van der Waals surface area contributed by atoms with Gasteiger partial charge in [0.15, 0.2) is 0 Å². The van der Waals surface area contributed by atoms with Crippen LogP contribution in [0, 0.1) is 13.8 Å². The maximum Gasteiger partial charge on any atom is 0.227 e. The predicted molar refractivity (Wildman–Crippen MR) is 146 cm³/mol. The van der Waals surface area contributed by atoms with Gasteiger partial charge in [-0.25, -0.2) is 4.98 Å². The second-order valence-corrected chi connectivity index (χ2v) is 9.74. The molecule has 0 saturated carbocycles. The summed E-state index contributed by atoms with van der Waals surface area (Å²) in [6.45, 7) is 9.40. The van der Waals surface area contributed by atoms with Crippen LogP contribution in [0.3, 0.4) is 0 Å². The normalized spacial score (nSPS) is 15.5. The van der Waals surface area contributed by atoms with E-state index in [0.29, 0.717) is 19.4 Å². The Kier molecular flexibility index (Phi) is 7.52. The number of piperazine rings is 1. The number of ether oxygens (including phenoxy) is 1. The van der Waals surface area contributed by atoms with Crippen molar-refractivity contribution in [2.75, 3.05) is 49.1 Å². The summed E-state index contributed by atoms with van der Waals surface area (Å²) in [7, 11) is 0. The number of fused-ring (bicyclic) bond motifs is 1. The molecule has 3 aromatic rings. The summed E-state index contributed by atoms with van der Waals surface area (Å²) in [6, 6.07) is 16.8. The van der Waals surface area contributed by atoms with Crippen molar-refractivity contribution in [2.24, 2.45) is 0 Å². The van der Waals surface area contributed by atoms with Crippen LogP contribution in [0.1, 0.15) is 36.0 Å². The topological polar surface area (TPSA) is 57.7 Å². The second kappa shape index (κ2) is 11.1. The number of pyridine rings is 1. The Labute approximate surface area is 214 Å². The molecule has 1 amide bonds. The highest BCUT2D eigenvalue weighted by molar-refractivity contribution is 5.96. The molecule has 5 rings (SSSR count). The van der Waals surface area contributed by atoms with Gasteiger partial charge in [-0.1, -0.05) is 24.3 Å². The minimum Gasteiger partial charge on any atom is -0.493 e. The number of anilines is 2. The molecule has 1 saturated heterocycles. The summed E-state index contributed by atoms with van der Waals surface area (Å²) in [4.78, 5) is 22.2. The first-order chi connectivity index (χ1) is 17.6. The third kappa shape index (κ3) is 5.24. The quantitative estimate of drug-likeness (QED) is 0.483. The largest absolute Gasteiger partial charge is 0.493 e. The molecule has 2 aliphatic rings. The molecule has 0 radical (unpaired) electrons. The highest BCUT2D eigenvalue weighted by atomic mass is 16.5. The lowest BCUT2D eigenvalue weighted by atomic mass is 9.92. The Morgan fingerprint density at radius 3 is 2.75 bits per heavy atom. The Morgan fingerprint density at radius 2 is 1.89 bits per heavy atom. The number of amides is 1. The molecule has 0 atom stereocenters. The number of rotatable bonds is 7. The fourth-order valence-corrected chi connectivity index (χ4v) is 5.23. The Morgan fingerprint density at radius 1 is 1.06 bits per heavy atom. The summed E-state index contributed by atoms with van der Waals surface area (Å²) in [5, 5.41) is 3.40. The number of nitrogens with one attached hydrogen (secondary N) is 1. The van der Waals surface area contributed by atoms with E-state index in [9.17, 15) is 4.79 Å². The fraction of sp³-hybridized carbons (Fsp3) is 0.400. The molecule has 0 unspecified atom stereocenters. The monoisotopic (exact) mass is 484 g/mol. The van der Waals surface area contributed by atoms with Crippen molar-refractivity contribution in [1.29, 1.82) is 0 Å². The molecule has 188 valence electrons. The molecule has 0 bridgehead atoms. The molecule has 1 aromatic heterocycles. The number of hydrogen-bond acceptors (Lipinski definition) is 5. The number of carbonyl (C=O) groups is 1. The van der Waals surface area contributed by atoms with Gasteiger partial charge in [0.1, 0.15) is 11.6 Å². The van der Waals surface area contributed by atoms with Gasteiger partial charge in [0, 0.05) is 51.0 Å². The molecule has 1 fully saturated rings. The molecule has 2 aromatic carbocycles. The zero-order chi connectivity index (χ0) is 24.9. The Balaban J connectivity index is 1.28. The van der Waals surface area contributed by atoms with Gasteiger partial charge in [0.05, 0.1) is 6.61 Å². The van der Waals surface area contributed by atoms with Crippen LogP contribution in [0.25, 0.3) is 11.1 Å².